The molecule has 0 saturated carbocycles. The lowest BCUT2D eigenvalue weighted by Gasteiger charge is -1.95. The summed E-state index contributed by atoms with van der Waals surface area (Å²) in [6.07, 6.45) is 1.84. The Balaban J connectivity index is 2.81. The van der Waals surface area contributed by atoms with Crippen molar-refractivity contribution in [2.45, 2.75) is 13.5 Å². The average Bonchev–Trinajstić information content (AvgIpc) is 2.10. The first-order valence-corrected chi connectivity index (χ1v) is 3.60. The van der Waals surface area contributed by atoms with E-state index in [0.717, 1.165) is 5.56 Å². The molecule has 1 aromatic rings. The van der Waals surface area contributed by atoms with Gasteiger partial charge >= 0.3 is 0 Å². The smallest absolute Gasteiger partial charge is 0.148 e. The van der Waals surface area contributed by atoms with E-state index in [4.69, 9.17) is 17.3 Å². The Labute approximate surface area is 70.5 Å². The van der Waals surface area contributed by atoms with Crippen molar-refractivity contribution in [3.8, 4) is 0 Å². The van der Waals surface area contributed by atoms with Gasteiger partial charge in [0.25, 0.3) is 0 Å². The van der Waals surface area contributed by atoms with Crippen LogP contribution < -0.4 is 5.73 Å². The van der Waals surface area contributed by atoms with Gasteiger partial charge in [-0.1, -0.05) is 18.2 Å². The largest absolute Gasteiger partial charge is 0.382 e. The topological polar surface area (TPSA) is 43.8 Å². The van der Waals surface area contributed by atoms with Gasteiger partial charge in [0, 0.05) is 16.8 Å². The third-order valence-electron chi connectivity index (χ3n) is 1.32. The minimum Gasteiger partial charge on any atom is -0.382 e. The van der Waals surface area contributed by atoms with E-state index in [0.29, 0.717) is 17.4 Å². The minimum atomic E-state index is 0.513. The molecule has 0 bridgehead atoms. The number of halogens is 1. The summed E-state index contributed by atoms with van der Waals surface area (Å²) in [5.74, 6) is 0.544. The normalized spacial score (nSPS) is 10.0. The number of rotatable bonds is 2. The molecule has 1 rings (SSSR count). The summed E-state index contributed by atoms with van der Waals surface area (Å²) in [5.41, 5.74) is 6.47. The zero-order valence-electron chi connectivity index (χ0n) is 6.34. The number of aromatic nitrogens is 2. The lowest BCUT2D eigenvalue weighted by atomic mass is 10.4. The van der Waals surface area contributed by atoms with Gasteiger partial charge in [-0.25, -0.2) is 0 Å². The van der Waals surface area contributed by atoms with Gasteiger partial charge in [-0.2, -0.15) is 5.10 Å². The molecule has 0 aliphatic carbocycles. The molecule has 11 heavy (non-hydrogen) atoms. The number of hydrogen-bond donors (Lipinski definition) is 1. The number of nitrogen functional groups attached to an aromatic ring is 1. The highest BCUT2D eigenvalue weighted by molar-refractivity contribution is 6.29. The van der Waals surface area contributed by atoms with E-state index < -0.39 is 0 Å². The molecule has 0 amide bonds. The summed E-state index contributed by atoms with van der Waals surface area (Å²) >= 11 is 5.58. The van der Waals surface area contributed by atoms with Crippen molar-refractivity contribution in [2.24, 2.45) is 0 Å². The predicted molar refractivity (Wildman–Crippen MR) is 46.4 cm³/mol. The second kappa shape index (κ2) is 2.96. The molecule has 0 spiro atoms. The molecule has 0 aliphatic rings. The highest BCUT2D eigenvalue weighted by Crippen LogP contribution is 2.08. The summed E-state index contributed by atoms with van der Waals surface area (Å²) in [4.78, 5) is 0. The van der Waals surface area contributed by atoms with E-state index >= 15 is 0 Å². The maximum Gasteiger partial charge on any atom is 0.148 e. The first-order chi connectivity index (χ1) is 5.09. The van der Waals surface area contributed by atoms with Gasteiger partial charge < -0.3 is 5.73 Å². The van der Waals surface area contributed by atoms with Crippen molar-refractivity contribution in [2.75, 3.05) is 5.73 Å². The second-order valence-corrected chi connectivity index (χ2v) is 2.95. The van der Waals surface area contributed by atoms with Gasteiger partial charge in [-0.05, 0) is 6.92 Å². The van der Waals surface area contributed by atoms with E-state index in [1.807, 2.05) is 13.1 Å². The van der Waals surface area contributed by atoms with E-state index in [-0.39, 0.29) is 0 Å². The quantitative estimate of drug-likeness (QED) is 0.734. The van der Waals surface area contributed by atoms with Crippen molar-refractivity contribution in [1.82, 2.24) is 9.78 Å². The van der Waals surface area contributed by atoms with Crippen LogP contribution in [0.5, 0.6) is 0 Å². The minimum absolute atomic E-state index is 0.513. The van der Waals surface area contributed by atoms with Gasteiger partial charge in [0.2, 0.25) is 0 Å². The number of aryl methyl sites for hydroxylation is 1. The standard InChI is InChI=1S/C7H10ClN3/c1-5-3-11(4-6(2)8)10-7(5)9/h3H,2,4H2,1H3,(H2,9,10). The molecule has 0 atom stereocenters. The van der Waals surface area contributed by atoms with E-state index in [2.05, 4.69) is 11.7 Å². The lowest BCUT2D eigenvalue weighted by molar-refractivity contribution is 0.698. The molecule has 1 aromatic heterocycles. The molecular weight excluding hydrogens is 162 g/mol. The zero-order chi connectivity index (χ0) is 8.43. The SMILES string of the molecule is C=C(Cl)Cn1cc(C)c(N)n1. The van der Waals surface area contributed by atoms with Crippen LogP contribution in [0.15, 0.2) is 17.8 Å². The fraction of sp³-hybridized carbons (Fsp3) is 0.286. The van der Waals surface area contributed by atoms with E-state index in [9.17, 15) is 0 Å². The molecule has 0 fully saturated rings. The van der Waals surface area contributed by atoms with Crippen molar-refractivity contribution < 1.29 is 0 Å². The van der Waals surface area contributed by atoms with Gasteiger partial charge in [-0.15, -0.1) is 0 Å². The summed E-state index contributed by atoms with van der Waals surface area (Å²) < 4.78 is 1.67. The van der Waals surface area contributed by atoms with Gasteiger partial charge in [0.05, 0.1) is 6.54 Å². The van der Waals surface area contributed by atoms with Crippen LogP contribution in [0.25, 0.3) is 0 Å². The Bertz CT molecular complexity index is 258. The van der Waals surface area contributed by atoms with Crippen LogP contribution in [0, 0.1) is 6.92 Å². The summed E-state index contributed by atoms with van der Waals surface area (Å²) in [6.45, 7) is 5.97. The molecule has 4 heteroatoms. The molecule has 0 aliphatic heterocycles. The zero-order valence-corrected chi connectivity index (χ0v) is 7.10. The van der Waals surface area contributed by atoms with Crippen LogP contribution in [-0.2, 0) is 6.54 Å². The molecule has 0 radical (unpaired) electrons. The number of nitrogens with two attached hydrogens (primary N) is 1. The maximum atomic E-state index is 5.58. The van der Waals surface area contributed by atoms with Crippen LogP contribution in [-0.4, -0.2) is 9.78 Å². The highest BCUT2D eigenvalue weighted by Gasteiger charge is 1.99. The lowest BCUT2D eigenvalue weighted by Crippen LogP contribution is -1.98. The van der Waals surface area contributed by atoms with Crippen molar-refractivity contribution in [1.29, 1.82) is 0 Å². The highest BCUT2D eigenvalue weighted by atomic mass is 35.5. The van der Waals surface area contributed by atoms with E-state index in [1.54, 1.807) is 4.68 Å². The first-order valence-electron chi connectivity index (χ1n) is 3.22. The fourth-order valence-corrected chi connectivity index (χ4v) is 0.915. The molecular formula is C7H10ClN3. The Kier molecular flexibility index (Phi) is 2.19. The second-order valence-electron chi connectivity index (χ2n) is 2.41. The fourth-order valence-electron chi connectivity index (χ4n) is 0.793. The van der Waals surface area contributed by atoms with Crippen LogP contribution in [0.4, 0.5) is 5.82 Å². The molecule has 1 heterocycles. The number of nitrogens with zero attached hydrogens (tertiary/aromatic N) is 2. The van der Waals surface area contributed by atoms with Crippen LogP contribution in [0.3, 0.4) is 0 Å². The predicted octanol–water partition coefficient (Wildman–Crippen LogP) is 1.53. The Hall–Kier alpha value is -0.960. The summed E-state index contributed by atoms with van der Waals surface area (Å²) in [7, 11) is 0. The molecule has 0 saturated heterocycles. The number of allylic oxidation sites excluding steroid dienone is 1. The third kappa shape index (κ3) is 1.98. The number of anilines is 1. The van der Waals surface area contributed by atoms with Crippen LogP contribution in [0.1, 0.15) is 5.56 Å². The molecule has 0 aromatic carbocycles. The van der Waals surface area contributed by atoms with Gasteiger partial charge in [0.15, 0.2) is 0 Å². The molecule has 60 valence electrons. The molecule has 2 N–H and O–H groups in total. The van der Waals surface area contributed by atoms with Crippen LogP contribution >= 0.6 is 11.6 Å². The molecule has 3 nitrogen and oxygen atoms in total. The Morgan fingerprint density at radius 3 is 2.91 bits per heavy atom. The van der Waals surface area contributed by atoms with Gasteiger partial charge in [0.1, 0.15) is 5.82 Å². The Morgan fingerprint density at radius 1 is 1.91 bits per heavy atom. The maximum absolute atomic E-state index is 5.58. The first kappa shape index (κ1) is 8.14. The van der Waals surface area contributed by atoms with Crippen LogP contribution in [0.2, 0.25) is 0 Å². The van der Waals surface area contributed by atoms with Crippen molar-refractivity contribution in [3.63, 3.8) is 0 Å². The molecule has 0 unspecified atom stereocenters. The summed E-state index contributed by atoms with van der Waals surface area (Å²) in [5, 5.41) is 4.55. The van der Waals surface area contributed by atoms with Gasteiger partial charge in [-0.3, -0.25) is 4.68 Å². The summed E-state index contributed by atoms with van der Waals surface area (Å²) in [6, 6.07) is 0. The Morgan fingerprint density at radius 2 is 2.55 bits per heavy atom. The number of hydrogen-bond acceptors (Lipinski definition) is 2. The van der Waals surface area contributed by atoms with Crippen molar-refractivity contribution in [3.05, 3.63) is 23.4 Å². The monoisotopic (exact) mass is 171 g/mol. The average molecular weight is 172 g/mol. The van der Waals surface area contributed by atoms with Crippen molar-refractivity contribution >= 4 is 17.4 Å². The third-order valence-corrected chi connectivity index (χ3v) is 1.44. The van der Waals surface area contributed by atoms with E-state index in [1.165, 1.54) is 0 Å².